The molecule has 1 saturated heterocycles. The summed E-state index contributed by atoms with van der Waals surface area (Å²) in [6.07, 6.45) is -4.30. The second-order valence-electron chi connectivity index (χ2n) is 9.96. The highest BCUT2D eigenvalue weighted by Gasteiger charge is 2.34. The zero-order chi connectivity index (χ0) is 27.1. The molecule has 0 radical (unpaired) electrons. The molecule has 0 unspecified atom stereocenters. The summed E-state index contributed by atoms with van der Waals surface area (Å²) in [6.45, 7) is 8.23. The lowest BCUT2D eigenvalue weighted by Crippen LogP contribution is -2.60. The van der Waals surface area contributed by atoms with Crippen molar-refractivity contribution in [1.29, 1.82) is 0 Å². The lowest BCUT2D eigenvalue weighted by molar-refractivity contribution is -0.137. The van der Waals surface area contributed by atoms with Crippen LogP contribution in [0.3, 0.4) is 0 Å². The van der Waals surface area contributed by atoms with Crippen molar-refractivity contribution in [3.8, 4) is 16.3 Å². The quantitative estimate of drug-likeness (QED) is 0.292. The van der Waals surface area contributed by atoms with Crippen LogP contribution < -0.4 is 15.0 Å². The number of nitrogens with one attached hydrogen (secondary N) is 1. The van der Waals surface area contributed by atoms with Crippen LogP contribution in [-0.2, 0) is 12.6 Å². The molecule has 1 aliphatic rings. The molecule has 0 saturated carbocycles. The highest BCUT2D eigenvalue weighted by atomic mass is 32.1. The van der Waals surface area contributed by atoms with Crippen LogP contribution in [-0.4, -0.2) is 53.0 Å². The van der Waals surface area contributed by atoms with Crippen molar-refractivity contribution in [2.45, 2.75) is 45.0 Å². The zero-order valence-corrected chi connectivity index (χ0v) is 22.9. The van der Waals surface area contributed by atoms with Gasteiger partial charge < -0.3 is 20.1 Å². The lowest BCUT2D eigenvalue weighted by Gasteiger charge is -2.43. The zero-order valence-electron chi connectivity index (χ0n) is 21.3. The van der Waals surface area contributed by atoms with Gasteiger partial charge in [-0.2, -0.15) is 13.2 Å². The Labute approximate surface area is 227 Å². The van der Waals surface area contributed by atoms with Gasteiger partial charge in [-0.1, -0.05) is 12.1 Å². The van der Waals surface area contributed by atoms with E-state index >= 15 is 0 Å². The summed E-state index contributed by atoms with van der Waals surface area (Å²) in [4.78, 5) is 11.8. The summed E-state index contributed by atoms with van der Waals surface area (Å²) in [5, 5.41) is 17.1. The molecule has 2 aromatic heterocycles. The number of fused-ring (bicyclic) bond motifs is 1. The number of hydrogen-bond acceptors (Lipinski definition) is 8. The van der Waals surface area contributed by atoms with E-state index in [0.717, 1.165) is 51.8 Å². The number of aliphatic hydroxyl groups is 1. The van der Waals surface area contributed by atoms with E-state index in [9.17, 15) is 18.3 Å². The molecule has 5 rings (SSSR count). The Kier molecular flexibility index (Phi) is 7.38. The molecule has 38 heavy (non-hydrogen) atoms. The summed E-state index contributed by atoms with van der Waals surface area (Å²) in [5.41, 5.74) is 2.41. The van der Waals surface area contributed by atoms with Crippen molar-refractivity contribution in [3.05, 3.63) is 58.0 Å². The monoisotopic (exact) mass is 562 g/mol. The number of ether oxygens (including phenoxy) is 1. The van der Waals surface area contributed by atoms with Gasteiger partial charge >= 0.3 is 6.18 Å². The summed E-state index contributed by atoms with van der Waals surface area (Å²) in [5.74, 6) is 0.700. The van der Waals surface area contributed by atoms with Gasteiger partial charge in [0.2, 0.25) is 0 Å². The topological polar surface area (TPSA) is 70.5 Å². The molecule has 2 N–H and O–H groups in total. The summed E-state index contributed by atoms with van der Waals surface area (Å²) in [6, 6.07) is 9.10. The Hall–Kier alpha value is -2.73. The third-order valence-electron chi connectivity index (χ3n) is 6.46. The molecule has 2 aromatic carbocycles. The Morgan fingerprint density at radius 1 is 1.18 bits per heavy atom. The minimum Gasteiger partial charge on any atom is -0.489 e. The third kappa shape index (κ3) is 5.80. The molecule has 0 amide bonds. The SMILES string of the molecule is Cc1nc2c(N3CCN[C@@](C)(Cc4csc(-c5ccc(C(F)(F)F)cc5)n4)C3)c(OC[C@@H](C)O)ccc2s1. The van der Waals surface area contributed by atoms with Gasteiger partial charge in [0.1, 0.15) is 28.6 Å². The molecule has 1 aliphatic heterocycles. The normalized spacial score (nSPS) is 19.2. The Morgan fingerprint density at radius 2 is 1.95 bits per heavy atom. The lowest BCUT2D eigenvalue weighted by atomic mass is 9.93. The van der Waals surface area contributed by atoms with Crippen molar-refractivity contribution in [1.82, 2.24) is 15.3 Å². The summed E-state index contributed by atoms with van der Waals surface area (Å²) < 4.78 is 45.9. The second kappa shape index (κ2) is 10.4. The van der Waals surface area contributed by atoms with E-state index in [1.807, 2.05) is 24.4 Å². The maximum absolute atomic E-state index is 12.9. The van der Waals surface area contributed by atoms with Gasteiger partial charge in [0.15, 0.2) is 0 Å². The van der Waals surface area contributed by atoms with E-state index < -0.39 is 17.8 Å². The fourth-order valence-electron chi connectivity index (χ4n) is 4.79. The number of nitrogens with zero attached hydrogens (tertiary/aromatic N) is 3. The maximum Gasteiger partial charge on any atom is 0.416 e. The fraction of sp³-hybridized carbons (Fsp3) is 0.407. The van der Waals surface area contributed by atoms with Crippen molar-refractivity contribution in [2.24, 2.45) is 0 Å². The first-order chi connectivity index (χ1) is 18.0. The van der Waals surface area contributed by atoms with Crippen LogP contribution in [0, 0.1) is 6.92 Å². The molecular weight excluding hydrogens is 533 g/mol. The number of hydrogen-bond donors (Lipinski definition) is 2. The van der Waals surface area contributed by atoms with Crippen LogP contribution in [0.1, 0.15) is 30.1 Å². The minimum absolute atomic E-state index is 0.191. The molecular formula is C27H29F3N4O2S2. The molecule has 0 bridgehead atoms. The van der Waals surface area contributed by atoms with Gasteiger partial charge in [-0.05, 0) is 45.0 Å². The smallest absolute Gasteiger partial charge is 0.416 e. The standard InChI is InChI=1S/C27H29F3N4O2S2/c1-16(35)13-36-21-8-9-22-23(32-17(2)38-22)24(21)34-11-10-31-26(3,15-34)12-20-14-37-25(33-20)18-4-6-19(7-5-18)27(28,29)30/h4-9,14,16,31,35H,10-13,15H2,1-3H3/t16-,26+/m1/s1. The molecule has 0 aliphatic carbocycles. The van der Waals surface area contributed by atoms with Crippen LogP contribution in [0.4, 0.5) is 18.9 Å². The average molecular weight is 563 g/mol. The third-order valence-corrected chi connectivity index (χ3v) is 8.33. The second-order valence-corrected chi connectivity index (χ2v) is 12.0. The van der Waals surface area contributed by atoms with Crippen LogP contribution >= 0.6 is 22.7 Å². The predicted octanol–water partition coefficient (Wildman–Crippen LogP) is 5.92. The number of anilines is 1. The highest BCUT2D eigenvalue weighted by Crippen LogP contribution is 2.40. The van der Waals surface area contributed by atoms with Gasteiger partial charge in [0, 0.05) is 42.5 Å². The number of alkyl halides is 3. The van der Waals surface area contributed by atoms with Crippen LogP contribution in [0.25, 0.3) is 20.8 Å². The van der Waals surface area contributed by atoms with Crippen LogP contribution in [0.5, 0.6) is 5.75 Å². The number of thiazole rings is 2. The molecule has 1 fully saturated rings. The number of rotatable bonds is 7. The van der Waals surface area contributed by atoms with Gasteiger partial charge in [-0.15, -0.1) is 22.7 Å². The van der Waals surface area contributed by atoms with E-state index in [4.69, 9.17) is 14.7 Å². The van der Waals surface area contributed by atoms with Crippen molar-refractivity contribution >= 4 is 38.6 Å². The van der Waals surface area contributed by atoms with Crippen molar-refractivity contribution < 1.29 is 23.0 Å². The number of aromatic nitrogens is 2. The van der Waals surface area contributed by atoms with Gasteiger partial charge in [-0.3, -0.25) is 0 Å². The Balaban J connectivity index is 1.37. The van der Waals surface area contributed by atoms with E-state index in [2.05, 4.69) is 17.1 Å². The minimum atomic E-state index is -4.36. The molecule has 3 heterocycles. The molecule has 2 atom stereocenters. The van der Waals surface area contributed by atoms with Crippen molar-refractivity contribution in [3.63, 3.8) is 0 Å². The van der Waals surface area contributed by atoms with Gasteiger partial charge in [-0.25, -0.2) is 9.97 Å². The van der Waals surface area contributed by atoms with Gasteiger partial charge in [0.25, 0.3) is 0 Å². The predicted molar refractivity (Wildman–Crippen MR) is 146 cm³/mol. The Bertz CT molecular complexity index is 1420. The summed E-state index contributed by atoms with van der Waals surface area (Å²) >= 11 is 3.07. The maximum atomic E-state index is 12.9. The van der Waals surface area contributed by atoms with E-state index in [1.165, 1.54) is 23.5 Å². The first kappa shape index (κ1) is 26.9. The van der Waals surface area contributed by atoms with Crippen molar-refractivity contribution in [2.75, 3.05) is 31.1 Å². The molecule has 4 aromatic rings. The molecule has 202 valence electrons. The molecule has 0 spiro atoms. The fourth-order valence-corrected chi connectivity index (χ4v) is 6.44. The highest BCUT2D eigenvalue weighted by molar-refractivity contribution is 7.18. The van der Waals surface area contributed by atoms with E-state index in [1.54, 1.807) is 18.3 Å². The molecule has 6 nitrogen and oxygen atoms in total. The van der Waals surface area contributed by atoms with Gasteiger partial charge in [0.05, 0.1) is 27.1 Å². The average Bonchev–Trinajstić information content (AvgIpc) is 3.47. The van der Waals surface area contributed by atoms with Crippen LogP contribution in [0.15, 0.2) is 41.8 Å². The number of aliphatic hydroxyl groups excluding tert-OH is 1. The Morgan fingerprint density at radius 3 is 2.66 bits per heavy atom. The first-order valence-corrected chi connectivity index (χ1v) is 14.0. The molecule has 11 heteroatoms. The number of benzene rings is 2. The van der Waals surface area contributed by atoms with E-state index in [0.29, 0.717) is 29.3 Å². The largest absolute Gasteiger partial charge is 0.489 e. The number of aryl methyl sites for hydroxylation is 1. The van der Waals surface area contributed by atoms with Crippen LogP contribution in [0.2, 0.25) is 0 Å². The van der Waals surface area contributed by atoms with E-state index in [-0.39, 0.29) is 12.1 Å². The first-order valence-electron chi connectivity index (χ1n) is 12.3. The summed E-state index contributed by atoms with van der Waals surface area (Å²) in [7, 11) is 0. The number of halogens is 3. The number of piperazine rings is 1.